The van der Waals surface area contributed by atoms with Crippen LogP contribution in [-0.4, -0.2) is 6.04 Å². The maximum atomic E-state index is 3.54. The van der Waals surface area contributed by atoms with Gasteiger partial charge in [0.15, 0.2) is 0 Å². The average molecular weight is 189 g/mol. The third-order valence-electron chi connectivity index (χ3n) is 3.17. The molecule has 0 aromatic heterocycles. The normalized spacial score (nSPS) is 25.7. The molecule has 1 nitrogen and oxygen atoms in total. The summed E-state index contributed by atoms with van der Waals surface area (Å²) in [6, 6.07) is 9.32. The largest absolute Gasteiger partial charge is 0.382 e. The summed E-state index contributed by atoms with van der Waals surface area (Å²) in [7, 11) is 0. The van der Waals surface area contributed by atoms with Gasteiger partial charge >= 0.3 is 0 Å². The fraction of sp³-hybridized carbons (Fsp3) is 0.538. The van der Waals surface area contributed by atoms with E-state index in [-0.39, 0.29) is 0 Å². The van der Waals surface area contributed by atoms with E-state index >= 15 is 0 Å². The fourth-order valence-electron chi connectivity index (χ4n) is 2.42. The first-order valence-corrected chi connectivity index (χ1v) is 5.54. The first-order valence-electron chi connectivity index (χ1n) is 5.54. The van der Waals surface area contributed by atoms with Crippen molar-refractivity contribution >= 4 is 5.69 Å². The van der Waals surface area contributed by atoms with Crippen molar-refractivity contribution in [1.82, 2.24) is 0 Å². The molecule has 0 saturated heterocycles. The Hall–Kier alpha value is -0.980. The molecule has 1 heteroatoms. The summed E-state index contributed by atoms with van der Waals surface area (Å²) in [6.45, 7) is 6.91. The molecule has 0 saturated carbocycles. The Morgan fingerprint density at radius 3 is 2.71 bits per heavy atom. The van der Waals surface area contributed by atoms with Crippen LogP contribution in [-0.2, 0) is 0 Å². The molecule has 2 rings (SSSR count). The molecule has 2 unspecified atom stereocenters. The second-order valence-electron chi connectivity index (χ2n) is 4.72. The summed E-state index contributed by atoms with van der Waals surface area (Å²) in [5.74, 6) is 1.46. The molecule has 14 heavy (non-hydrogen) atoms. The monoisotopic (exact) mass is 189 g/mol. The Morgan fingerprint density at radius 2 is 2.00 bits per heavy atom. The second kappa shape index (κ2) is 3.64. The number of anilines is 1. The molecular formula is C13H19N. The van der Waals surface area contributed by atoms with Crippen LogP contribution in [0, 0.1) is 5.92 Å². The lowest BCUT2D eigenvalue weighted by Crippen LogP contribution is -2.27. The molecule has 2 atom stereocenters. The van der Waals surface area contributed by atoms with Gasteiger partial charge in [0.1, 0.15) is 0 Å². The van der Waals surface area contributed by atoms with E-state index in [0.29, 0.717) is 6.04 Å². The van der Waals surface area contributed by atoms with Crippen molar-refractivity contribution in [3.63, 3.8) is 0 Å². The van der Waals surface area contributed by atoms with Crippen LogP contribution in [0.25, 0.3) is 0 Å². The van der Waals surface area contributed by atoms with Crippen molar-refractivity contribution in [3.8, 4) is 0 Å². The molecule has 1 aliphatic rings. The van der Waals surface area contributed by atoms with Crippen LogP contribution in [0.1, 0.15) is 38.7 Å². The molecule has 0 fully saturated rings. The molecule has 76 valence electrons. The van der Waals surface area contributed by atoms with Crippen LogP contribution >= 0.6 is 0 Å². The van der Waals surface area contributed by atoms with Crippen LogP contribution in [0.5, 0.6) is 0 Å². The highest BCUT2D eigenvalue weighted by Gasteiger charge is 2.25. The minimum absolute atomic E-state index is 0.609. The quantitative estimate of drug-likeness (QED) is 0.711. The van der Waals surface area contributed by atoms with Gasteiger partial charge in [0, 0.05) is 11.7 Å². The van der Waals surface area contributed by atoms with Gasteiger partial charge in [-0.1, -0.05) is 32.0 Å². The SMILES string of the molecule is CC1CC(C(C)C)c2ccccc2N1. The Bertz CT molecular complexity index is 317. The fourth-order valence-corrected chi connectivity index (χ4v) is 2.42. The van der Waals surface area contributed by atoms with E-state index in [1.807, 2.05) is 0 Å². The van der Waals surface area contributed by atoms with Gasteiger partial charge in [0.2, 0.25) is 0 Å². The highest BCUT2D eigenvalue weighted by atomic mass is 14.9. The Morgan fingerprint density at radius 1 is 1.29 bits per heavy atom. The Balaban J connectivity index is 2.38. The van der Waals surface area contributed by atoms with Crippen LogP contribution in [0.4, 0.5) is 5.69 Å². The zero-order valence-electron chi connectivity index (χ0n) is 9.25. The van der Waals surface area contributed by atoms with Gasteiger partial charge in [-0.3, -0.25) is 0 Å². The molecule has 1 aromatic rings. The van der Waals surface area contributed by atoms with Crippen molar-refractivity contribution in [2.45, 2.75) is 39.2 Å². The summed E-state index contributed by atoms with van der Waals surface area (Å²) in [5, 5.41) is 3.54. The summed E-state index contributed by atoms with van der Waals surface area (Å²) >= 11 is 0. The average Bonchev–Trinajstić information content (AvgIpc) is 2.16. The van der Waals surface area contributed by atoms with E-state index < -0.39 is 0 Å². The van der Waals surface area contributed by atoms with Gasteiger partial charge < -0.3 is 5.32 Å². The summed E-state index contributed by atoms with van der Waals surface area (Å²) in [6.07, 6.45) is 1.26. The van der Waals surface area contributed by atoms with Gasteiger partial charge in [0.05, 0.1) is 0 Å². The van der Waals surface area contributed by atoms with Crippen LogP contribution in [0.3, 0.4) is 0 Å². The number of rotatable bonds is 1. The zero-order valence-corrected chi connectivity index (χ0v) is 9.25. The lowest BCUT2D eigenvalue weighted by atomic mass is 9.80. The van der Waals surface area contributed by atoms with E-state index in [4.69, 9.17) is 0 Å². The molecule has 0 spiro atoms. The number of para-hydroxylation sites is 1. The second-order valence-corrected chi connectivity index (χ2v) is 4.72. The third kappa shape index (κ3) is 1.63. The first kappa shape index (κ1) is 9.57. The smallest absolute Gasteiger partial charge is 0.0377 e. The molecule has 1 N–H and O–H groups in total. The van der Waals surface area contributed by atoms with Crippen LogP contribution < -0.4 is 5.32 Å². The maximum Gasteiger partial charge on any atom is 0.0377 e. The van der Waals surface area contributed by atoms with Gasteiger partial charge in [-0.2, -0.15) is 0 Å². The van der Waals surface area contributed by atoms with Gasteiger partial charge in [-0.15, -0.1) is 0 Å². The predicted octanol–water partition coefficient (Wildman–Crippen LogP) is 3.63. The number of hydrogen-bond donors (Lipinski definition) is 1. The van der Waals surface area contributed by atoms with Crippen molar-refractivity contribution in [1.29, 1.82) is 0 Å². The van der Waals surface area contributed by atoms with Crippen molar-refractivity contribution in [2.24, 2.45) is 5.92 Å². The molecule has 1 heterocycles. The minimum Gasteiger partial charge on any atom is -0.382 e. The number of benzene rings is 1. The molecule has 0 bridgehead atoms. The summed E-state index contributed by atoms with van der Waals surface area (Å²) in [4.78, 5) is 0. The zero-order chi connectivity index (χ0) is 10.1. The van der Waals surface area contributed by atoms with Gasteiger partial charge in [-0.25, -0.2) is 0 Å². The number of fused-ring (bicyclic) bond motifs is 1. The standard InChI is InChI=1S/C13H19N/c1-9(2)12-8-10(3)14-13-7-5-4-6-11(12)13/h4-7,9-10,12,14H,8H2,1-3H3. The van der Waals surface area contributed by atoms with Crippen LogP contribution in [0.15, 0.2) is 24.3 Å². The lowest BCUT2D eigenvalue weighted by molar-refractivity contribution is 0.435. The molecule has 1 aliphatic heterocycles. The Labute approximate surface area is 86.5 Å². The minimum atomic E-state index is 0.609. The Kier molecular flexibility index (Phi) is 2.49. The van der Waals surface area contributed by atoms with Gasteiger partial charge in [-0.05, 0) is 36.8 Å². The molecule has 0 amide bonds. The number of hydrogen-bond acceptors (Lipinski definition) is 1. The molecule has 0 radical (unpaired) electrons. The van der Waals surface area contributed by atoms with E-state index in [9.17, 15) is 0 Å². The van der Waals surface area contributed by atoms with E-state index in [1.165, 1.54) is 17.7 Å². The van der Waals surface area contributed by atoms with Crippen LogP contribution in [0.2, 0.25) is 0 Å². The summed E-state index contributed by atoms with van der Waals surface area (Å²) < 4.78 is 0. The highest BCUT2D eigenvalue weighted by molar-refractivity contribution is 5.55. The molecule has 1 aromatic carbocycles. The lowest BCUT2D eigenvalue weighted by Gasteiger charge is -2.33. The van der Waals surface area contributed by atoms with Crippen molar-refractivity contribution in [3.05, 3.63) is 29.8 Å². The van der Waals surface area contributed by atoms with E-state index in [1.54, 1.807) is 0 Å². The number of nitrogens with one attached hydrogen (secondary N) is 1. The predicted molar refractivity (Wildman–Crippen MR) is 61.7 cm³/mol. The first-order chi connectivity index (χ1) is 6.68. The van der Waals surface area contributed by atoms with Crippen molar-refractivity contribution < 1.29 is 0 Å². The molecule has 0 aliphatic carbocycles. The third-order valence-corrected chi connectivity index (χ3v) is 3.17. The van der Waals surface area contributed by atoms with Crippen molar-refractivity contribution in [2.75, 3.05) is 5.32 Å². The van der Waals surface area contributed by atoms with E-state index in [2.05, 4.69) is 50.4 Å². The molecular weight excluding hydrogens is 170 g/mol. The van der Waals surface area contributed by atoms with E-state index in [0.717, 1.165) is 11.8 Å². The maximum absolute atomic E-state index is 3.54. The topological polar surface area (TPSA) is 12.0 Å². The highest BCUT2D eigenvalue weighted by Crippen LogP contribution is 2.38. The summed E-state index contributed by atoms with van der Waals surface area (Å²) in [5.41, 5.74) is 2.84. The van der Waals surface area contributed by atoms with Gasteiger partial charge in [0.25, 0.3) is 0 Å².